The highest BCUT2D eigenvalue weighted by atomic mass is 32.2. The van der Waals surface area contributed by atoms with Crippen LogP contribution in [0.1, 0.15) is 34.0 Å². The van der Waals surface area contributed by atoms with E-state index in [9.17, 15) is 9.59 Å². The van der Waals surface area contributed by atoms with Crippen molar-refractivity contribution in [3.05, 3.63) is 70.8 Å². The van der Waals surface area contributed by atoms with Gasteiger partial charge in [-0.25, -0.2) is 0 Å². The van der Waals surface area contributed by atoms with Crippen LogP contribution in [-0.4, -0.2) is 27.6 Å². The highest BCUT2D eigenvalue weighted by Crippen LogP contribution is 2.25. The van der Waals surface area contributed by atoms with Crippen molar-refractivity contribution in [2.75, 3.05) is 11.1 Å². The van der Waals surface area contributed by atoms with Gasteiger partial charge in [-0.05, 0) is 74.7 Å². The number of carbonyl (C=O) groups excluding carboxylic acids is 2. The van der Waals surface area contributed by atoms with Crippen LogP contribution in [0.25, 0.3) is 11.3 Å². The normalized spacial score (nSPS) is 10.6. The fourth-order valence-electron chi connectivity index (χ4n) is 2.93. The van der Waals surface area contributed by atoms with Crippen LogP contribution in [0.5, 0.6) is 0 Å². The van der Waals surface area contributed by atoms with Gasteiger partial charge in [0.05, 0.1) is 11.4 Å². The average molecular weight is 406 g/mol. The molecule has 1 aromatic heterocycles. The molecule has 29 heavy (non-hydrogen) atoms. The van der Waals surface area contributed by atoms with Crippen molar-refractivity contribution in [3.63, 3.8) is 0 Å². The van der Waals surface area contributed by atoms with Gasteiger partial charge in [-0.2, -0.15) is 0 Å². The van der Waals surface area contributed by atoms with Gasteiger partial charge in [0.15, 0.2) is 5.78 Å². The van der Waals surface area contributed by atoms with Gasteiger partial charge in [0.2, 0.25) is 5.91 Å². The van der Waals surface area contributed by atoms with Crippen LogP contribution in [0, 0.1) is 20.8 Å². The molecular formula is C23H23N3O2S. The van der Waals surface area contributed by atoms with Gasteiger partial charge in [0, 0.05) is 16.8 Å². The standard InChI is InChI=1S/C23H23N3O2S/c1-14-10-16(3)20(11-15(14)2)21-8-9-23(26-25-21)29-13-22(28)24-19-7-5-6-18(12-19)17(4)27/h5-12H,13H2,1-4H3,(H,24,28). The Morgan fingerprint density at radius 1 is 0.931 bits per heavy atom. The molecule has 0 unspecified atom stereocenters. The highest BCUT2D eigenvalue weighted by molar-refractivity contribution is 7.99. The second-order valence-corrected chi connectivity index (χ2v) is 7.98. The molecule has 1 N–H and O–H groups in total. The molecule has 0 atom stereocenters. The molecule has 1 amide bonds. The van der Waals surface area contributed by atoms with Gasteiger partial charge >= 0.3 is 0 Å². The minimum atomic E-state index is -0.161. The lowest BCUT2D eigenvalue weighted by molar-refractivity contribution is -0.113. The Morgan fingerprint density at radius 3 is 2.38 bits per heavy atom. The van der Waals surface area contributed by atoms with Crippen molar-refractivity contribution < 1.29 is 9.59 Å². The first-order valence-electron chi connectivity index (χ1n) is 9.29. The van der Waals surface area contributed by atoms with Crippen molar-refractivity contribution in [3.8, 4) is 11.3 Å². The molecule has 0 saturated carbocycles. The molecule has 148 valence electrons. The second-order valence-electron chi connectivity index (χ2n) is 6.98. The zero-order valence-electron chi connectivity index (χ0n) is 16.9. The zero-order valence-corrected chi connectivity index (χ0v) is 17.8. The maximum absolute atomic E-state index is 12.2. The van der Waals surface area contributed by atoms with Crippen molar-refractivity contribution in [2.24, 2.45) is 0 Å². The van der Waals surface area contributed by atoms with Crippen LogP contribution >= 0.6 is 11.8 Å². The highest BCUT2D eigenvalue weighted by Gasteiger charge is 2.09. The van der Waals surface area contributed by atoms with Crippen molar-refractivity contribution >= 4 is 29.1 Å². The monoisotopic (exact) mass is 405 g/mol. The Labute approximate surface area is 175 Å². The Bertz CT molecular complexity index is 1060. The molecule has 0 radical (unpaired) electrons. The number of ketones is 1. The summed E-state index contributed by atoms with van der Waals surface area (Å²) in [5, 5.41) is 12.1. The summed E-state index contributed by atoms with van der Waals surface area (Å²) in [6.45, 7) is 7.75. The first-order chi connectivity index (χ1) is 13.8. The summed E-state index contributed by atoms with van der Waals surface area (Å²) in [5.41, 5.74) is 6.70. The van der Waals surface area contributed by atoms with E-state index < -0.39 is 0 Å². The largest absolute Gasteiger partial charge is 0.325 e. The number of nitrogens with one attached hydrogen (secondary N) is 1. The molecule has 0 aliphatic carbocycles. The lowest BCUT2D eigenvalue weighted by atomic mass is 9.99. The first kappa shape index (κ1) is 20.7. The van der Waals surface area contributed by atoms with Crippen LogP contribution in [0.4, 0.5) is 5.69 Å². The molecule has 2 aromatic carbocycles. The number of hydrogen-bond donors (Lipinski definition) is 1. The van der Waals surface area contributed by atoms with E-state index in [4.69, 9.17) is 0 Å². The number of thioether (sulfide) groups is 1. The Balaban J connectivity index is 1.62. The molecule has 0 fully saturated rings. The summed E-state index contributed by atoms with van der Waals surface area (Å²) >= 11 is 1.32. The van der Waals surface area contributed by atoms with E-state index >= 15 is 0 Å². The molecule has 1 heterocycles. The average Bonchev–Trinajstić information content (AvgIpc) is 2.70. The van der Waals surface area contributed by atoms with Crippen molar-refractivity contribution in [1.29, 1.82) is 0 Å². The van der Waals surface area contributed by atoms with E-state index in [2.05, 4.69) is 48.4 Å². The van der Waals surface area contributed by atoms with Crippen LogP contribution in [0.2, 0.25) is 0 Å². The minimum absolute atomic E-state index is 0.0372. The number of benzene rings is 2. The van der Waals surface area contributed by atoms with E-state index in [0.29, 0.717) is 16.3 Å². The number of nitrogens with zero attached hydrogens (tertiary/aromatic N) is 2. The summed E-state index contributed by atoms with van der Waals surface area (Å²) in [6.07, 6.45) is 0. The molecule has 3 aromatic rings. The molecule has 0 spiro atoms. The number of rotatable bonds is 6. The second kappa shape index (κ2) is 9.01. The maximum atomic E-state index is 12.2. The summed E-state index contributed by atoms with van der Waals surface area (Å²) in [4.78, 5) is 23.7. The molecule has 6 heteroatoms. The maximum Gasteiger partial charge on any atom is 0.234 e. The summed E-state index contributed by atoms with van der Waals surface area (Å²) in [6, 6.07) is 15.0. The van der Waals surface area contributed by atoms with E-state index in [-0.39, 0.29) is 17.4 Å². The summed E-state index contributed by atoms with van der Waals surface area (Å²) < 4.78 is 0. The third kappa shape index (κ3) is 5.29. The van der Waals surface area contributed by atoms with Crippen LogP contribution in [-0.2, 0) is 4.79 Å². The number of hydrogen-bond acceptors (Lipinski definition) is 5. The lowest BCUT2D eigenvalue weighted by Gasteiger charge is -2.09. The SMILES string of the molecule is CC(=O)c1cccc(NC(=O)CSc2ccc(-c3cc(C)c(C)cc3C)nn2)c1. The topological polar surface area (TPSA) is 72.0 Å². The Morgan fingerprint density at radius 2 is 1.69 bits per heavy atom. The van der Waals surface area contributed by atoms with E-state index in [1.807, 2.05) is 12.1 Å². The van der Waals surface area contributed by atoms with E-state index in [1.165, 1.54) is 29.8 Å². The smallest absolute Gasteiger partial charge is 0.234 e. The number of carbonyl (C=O) groups is 2. The third-order valence-electron chi connectivity index (χ3n) is 4.66. The Hall–Kier alpha value is -2.99. The molecule has 0 aliphatic heterocycles. The van der Waals surface area contributed by atoms with Gasteiger partial charge in [-0.15, -0.1) is 10.2 Å². The molecule has 0 saturated heterocycles. The number of aromatic nitrogens is 2. The fraction of sp³-hybridized carbons (Fsp3) is 0.217. The minimum Gasteiger partial charge on any atom is -0.325 e. The van der Waals surface area contributed by atoms with Gasteiger partial charge in [0.1, 0.15) is 5.03 Å². The molecular weight excluding hydrogens is 382 g/mol. The molecule has 0 bridgehead atoms. The van der Waals surface area contributed by atoms with Crippen LogP contribution in [0.15, 0.2) is 53.6 Å². The van der Waals surface area contributed by atoms with Gasteiger partial charge in [-0.3, -0.25) is 9.59 Å². The molecule has 5 nitrogen and oxygen atoms in total. The van der Waals surface area contributed by atoms with Crippen molar-refractivity contribution in [2.45, 2.75) is 32.7 Å². The summed E-state index contributed by atoms with van der Waals surface area (Å²) in [5.74, 6) is 0.0116. The molecule has 0 aliphatic rings. The van der Waals surface area contributed by atoms with E-state index in [0.717, 1.165) is 16.8 Å². The lowest BCUT2D eigenvalue weighted by Crippen LogP contribution is -2.14. The van der Waals surface area contributed by atoms with Gasteiger partial charge in [0.25, 0.3) is 0 Å². The molecule has 3 rings (SSSR count). The zero-order chi connectivity index (χ0) is 21.0. The number of anilines is 1. The number of aryl methyl sites for hydroxylation is 3. The number of Topliss-reactive ketones (excluding diaryl/α,β-unsaturated/α-hetero) is 1. The van der Waals surface area contributed by atoms with Crippen LogP contribution in [0.3, 0.4) is 0 Å². The first-order valence-corrected chi connectivity index (χ1v) is 10.3. The van der Waals surface area contributed by atoms with Gasteiger partial charge in [-0.1, -0.05) is 30.0 Å². The van der Waals surface area contributed by atoms with E-state index in [1.54, 1.807) is 24.3 Å². The van der Waals surface area contributed by atoms with Crippen molar-refractivity contribution in [1.82, 2.24) is 10.2 Å². The Kier molecular flexibility index (Phi) is 6.44. The predicted molar refractivity (Wildman–Crippen MR) is 117 cm³/mol. The number of amides is 1. The third-order valence-corrected chi connectivity index (χ3v) is 5.58. The van der Waals surface area contributed by atoms with Gasteiger partial charge < -0.3 is 5.32 Å². The van der Waals surface area contributed by atoms with Crippen LogP contribution < -0.4 is 5.32 Å². The quantitative estimate of drug-likeness (QED) is 0.461. The predicted octanol–water partition coefficient (Wildman–Crippen LogP) is 5.00. The fourth-order valence-corrected chi connectivity index (χ4v) is 3.54. The summed E-state index contributed by atoms with van der Waals surface area (Å²) in [7, 11) is 0.